The first-order chi connectivity index (χ1) is 10.6. The number of rotatable bonds is 4. The highest BCUT2D eigenvalue weighted by Gasteiger charge is 2.25. The van der Waals surface area contributed by atoms with Crippen molar-refractivity contribution >= 4 is 5.91 Å². The Kier molecular flexibility index (Phi) is 4.24. The van der Waals surface area contributed by atoms with Gasteiger partial charge in [-0.15, -0.1) is 0 Å². The SMILES string of the molecule is CC1CN(C(=O)CCc2nc(-c3ccco3)no2)CC(C)O1. The first-order valence-electron chi connectivity index (χ1n) is 7.41. The van der Waals surface area contributed by atoms with Crippen LogP contribution in [0.2, 0.25) is 0 Å². The van der Waals surface area contributed by atoms with E-state index in [0.29, 0.717) is 43.4 Å². The lowest BCUT2D eigenvalue weighted by Crippen LogP contribution is -2.48. The molecule has 3 rings (SSSR count). The van der Waals surface area contributed by atoms with Crippen molar-refractivity contribution in [2.45, 2.75) is 38.9 Å². The second kappa shape index (κ2) is 6.31. The summed E-state index contributed by atoms with van der Waals surface area (Å²) in [6.45, 7) is 5.21. The van der Waals surface area contributed by atoms with E-state index in [2.05, 4.69) is 10.1 Å². The first-order valence-corrected chi connectivity index (χ1v) is 7.41. The lowest BCUT2D eigenvalue weighted by Gasteiger charge is -2.35. The molecule has 7 heteroatoms. The average molecular weight is 305 g/mol. The Hall–Kier alpha value is -2.15. The van der Waals surface area contributed by atoms with Crippen molar-refractivity contribution in [1.82, 2.24) is 15.0 Å². The molecule has 7 nitrogen and oxygen atoms in total. The highest BCUT2D eigenvalue weighted by Crippen LogP contribution is 2.17. The van der Waals surface area contributed by atoms with Crippen LogP contribution in [0.25, 0.3) is 11.6 Å². The summed E-state index contributed by atoms with van der Waals surface area (Å²) < 4.78 is 16.0. The van der Waals surface area contributed by atoms with Gasteiger partial charge in [0.05, 0.1) is 18.5 Å². The van der Waals surface area contributed by atoms with Crippen LogP contribution in [0.1, 0.15) is 26.2 Å². The van der Waals surface area contributed by atoms with Gasteiger partial charge in [-0.05, 0) is 26.0 Å². The van der Waals surface area contributed by atoms with Gasteiger partial charge in [-0.25, -0.2) is 0 Å². The monoisotopic (exact) mass is 305 g/mol. The van der Waals surface area contributed by atoms with Gasteiger partial charge in [-0.2, -0.15) is 4.98 Å². The predicted octanol–water partition coefficient (Wildman–Crippen LogP) is 1.90. The van der Waals surface area contributed by atoms with Crippen LogP contribution in [0.15, 0.2) is 27.3 Å². The third-order valence-corrected chi connectivity index (χ3v) is 3.53. The molecule has 0 aliphatic carbocycles. The third-order valence-electron chi connectivity index (χ3n) is 3.53. The molecule has 1 aliphatic rings. The van der Waals surface area contributed by atoms with E-state index in [1.165, 1.54) is 0 Å². The Morgan fingerprint density at radius 1 is 1.36 bits per heavy atom. The Labute approximate surface area is 128 Å². The molecule has 1 aliphatic heterocycles. The quantitative estimate of drug-likeness (QED) is 0.858. The van der Waals surface area contributed by atoms with Gasteiger partial charge in [0, 0.05) is 25.9 Å². The number of aromatic nitrogens is 2. The number of nitrogens with zero attached hydrogens (tertiary/aromatic N) is 3. The number of aryl methyl sites for hydroxylation is 1. The standard InChI is InChI=1S/C15H19N3O4/c1-10-8-18(9-11(2)21-10)14(19)6-5-13-16-15(17-22-13)12-4-3-7-20-12/h3-4,7,10-11H,5-6,8-9H2,1-2H3. The third kappa shape index (κ3) is 3.36. The molecule has 2 unspecified atom stereocenters. The summed E-state index contributed by atoms with van der Waals surface area (Å²) in [4.78, 5) is 18.3. The van der Waals surface area contributed by atoms with Gasteiger partial charge in [0.1, 0.15) is 0 Å². The summed E-state index contributed by atoms with van der Waals surface area (Å²) in [5.41, 5.74) is 0. The second-order valence-electron chi connectivity index (χ2n) is 5.55. The highest BCUT2D eigenvalue weighted by molar-refractivity contribution is 5.76. The molecular formula is C15H19N3O4. The Bertz CT molecular complexity index is 613. The molecule has 2 aromatic rings. The summed E-state index contributed by atoms with van der Waals surface area (Å²) in [6.07, 6.45) is 2.46. The van der Waals surface area contributed by atoms with Crippen LogP contribution in [0.4, 0.5) is 0 Å². The van der Waals surface area contributed by atoms with Crippen LogP contribution in [-0.4, -0.2) is 46.2 Å². The van der Waals surface area contributed by atoms with E-state index >= 15 is 0 Å². The number of hydrogen-bond donors (Lipinski definition) is 0. The molecule has 0 aromatic carbocycles. The first kappa shape index (κ1) is 14.8. The molecule has 0 spiro atoms. The molecular weight excluding hydrogens is 286 g/mol. The van der Waals surface area contributed by atoms with Crippen LogP contribution in [0.5, 0.6) is 0 Å². The second-order valence-corrected chi connectivity index (χ2v) is 5.55. The summed E-state index contributed by atoms with van der Waals surface area (Å²) in [5.74, 6) is 1.48. The fourth-order valence-corrected chi connectivity index (χ4v) is 2.62. The van der Waals surface area contributed by atoms with Crippen LogP contribution in [0, 0.1) is 0 Å². The van der Waals surface area contributed by atoms with Crippen molar-refractivity contribution in [3.63, 3.8) is 0 Å². The molecule has 118 valence electrons. The van der Waals surface area contributed by atoms with Crippen LogP contribution < -0.4 is 0 Å². The van der Waals surface area contributed by atoms with Crippen molar-refractivity contribution in [1.29, 1.82) is 0 Å². The van der Waals surface area contributed by atoms with Gasteiger partial charge in [0.25, 0.3) is 0 Å². The van der Waals surface area contributed by atoms with Gasteiger partial charge in [-0.3, -0.25) is 4.79 Å². The zero-order valence-corrected chi connectivity index (χ0v) is 12.7. The summed E-state index contributed by atoms with van der Waals surface area (Å²) in [7, 11) is 0. The zero-order chi connectivity index (χ0) is 15.5. The van der Waals surface area contributed by atoms with E-state index in [9.17, 15) is 4.79 Å². The minimum Gasteiger partial charge on any atom is -0.461 e. The summed E-state index contributed by atoms with van der Waals surface area (Å²) in [5, 5.41) is 3.85. The van der Waals surface area contributed by atoms with Crippen molar-refractivity contribution in [3.8, 4) is 11.6 Å². The van der Waals surface area contributed by atoms with Crippen molar-refractivity contribution in [3.05, 3.63) is 24.3 Å². The average Bonchev–Trinajstić information content (AvgIpc) is 3.14. The van der Waals surface area contributed by atoms with E-state index in [4.69, 9.17) is 13.7 Å². The number of furan rings is 1. The molecule has 0 radical (unpaired) electrons. The zero-order valence-electron chi connectivity index (χ0n) is 12.7. The van der Waals surface area contributed by atoms with Gasteiger partial charge >= 0.3 is 0 Å². The number of hydrogen-bond acceptors (Lipinski definition) is 6. The predicted molar refractivity (Wildman–Crippen MR) is 76.9 cm³/mol. The van der Waals surface area contributed by atoms with E-state index < -0.39 is 0 Å². The number of ether oxygens (including phenoxy) is 1. The molecule has 0 saturated carbocycles. The fourth-order valence-electron chi connectivity index (χ4n) is 2.62. The maximum absolute atomic E-state index is 12.3. The Morgan fingerprint density at radius 3 is 2.82 bits per heavy atom. The van der Waals surface area contributed by atoms with Gasteiger partial charge in [0.15, 0.2) is 5.76 Å². The molecule has 1 amide bonds. The molecule has 2 aromatic heterocycles. The Morgan fingerprint density at radius 2 is 2.14 bits per heavy atom. The lowest BCUT2D eigenvalue weighted by atomic mass is 10.2. The van der Waals surface area contributed by atoms with Crippen LogP contribution in [0.3, 0.4) is 0 Å². The fraction of sp³-hybridized carbons (Fsp3) is 0.533. The van der Waals surface area contributed by atoms with Crippen LogP contribution >= 0.6 is 0 Å². The topological polar surface area (TPSA) is 81.6 Å². The highest BCUT2D eigenvalue weighted by atomic mass is 16.5. The van der Waals surface area contributed by atoms with E-state index in [1.807, 2.05) is 18.7 Å². The Balaban J connectivity index is 1.55. The minimum absolute atomic E-state index is 0.0710. The van der Waals surface area contributed by atoms with Crippen molar-refractivity contribution in [2.75, 3.05) is 13.1 Å². The van der Waals surface area contributed by atoms with Gasteiger partial charge in [0.2, 0.25) is 17.6 Å². The number of amides is 1. The number of morpholine rings is 1. The lowest BCUT2D eigenvalue weighted by molar-refractivity contribution is -0.143. The largest absolute Gasteiger partial charge is 0.461 e. The smallest absolute Gasteiger partial charge is 0.238 e. The van der Waals surface area contributed by atoms with E-state index in [1.54, 1.807) is 18.4 Å². The molecule has 0 N–H and O–H groups in total. The number of carbonyl (C=O) groups excluding carboxylic acids is 1. The van der Waals surface area contributed by atoms with Crippen molar-refractivity contribution in [2.24, 2.45) is 0 Å². The summed E-state index contributed by atoms with van der Waals surface area (Å²) >= 11 is 0. The maximum Gasteiger partial charge on any atom is 0.238 e. The molecule has 1 fully saturated rings. The molecule has 1 saturated heterocycles. The van der Waals surface area contributed by atoms with Gasteiger partial charge in [-0.1, -0.05) is 5.16 Å². The van der Waals surface area contributed by atoms with E-state index in [0.717, 1.165) is 0 Å². The normalized spacial score (nSPS) is 22.0. The van der Waals surface area contributed by atoms with Crippen LogP contribution in [-0.2, 0) is 16.0 Å². The number of carbonyl (C=O) groups is 1. The molecule has 22 heavy (non-hydrogen) atoms. The minimum atomic E-state index is 0.0710. The molecule has 0 bridgehead atoms. The maximum atomic E-state index is 12.3. The van der Waals surface area contributed by atoms with Crippen molar-refractivity contribution < 1.29 is 18.5 Å². The molecule has 3 heterocycles. The molecule has 2 atom stereocenters. The van der Waals surface area contributed by atoms with Gasteiger partial charge < -0.3 is 18.6 Å². The van der Waals surface area contributed by atoms with E-state index in [-0.39, 0.29) is 18.1 Å². The summed E-state index contributed by atoms with van der Waals surface area (Å²) in [6, 6.07) is 3.52.